The summed E-state index contributed by atoms with van der Waals surface area (Å²) in [7, 11) is 0. The van der Waals surface area contributed by atoms with Gasteiger partial charge in [0.25, 0.3) is 0 Å². The lowest BCUT2D eigenvalue weighted by atomic mass is 9.82. The molecule has 0 radical (unpaired) electrons. The molecule has 22 heteroatoms. The normalized spacial score (nSPS) is 18.3. The van der Waals surface area contributed by atoms with E-state index in [1.807, 2.05) is 102 Å². The molecule has 2 atom stereocenters. The van der Waals surface area contributed by atoms with Crippen molar-refractivity contribution >= 4 is 69.3 Å². The van der Waals surface area contributed by atoms with Gasteiger partial charge >= 0.3 is 24.1 Å². The van der Waals surface area contributed by atoms with Crippen LogP contribution in [-0.2, 0) is 9.47 Å². The summed E-state index contributed by atoms with van der Waals surface area (Å²) in [6, 6.07) is 22.4. The quantitative estimate of drug-likeness (QED) is 0.0680. The van der Waals surface area contributed by atoms with Crippen molar-refractivity contribution in [1.29, 1.82) is 0 Å². The second-order valence-corrected chi connectivity index (χ2v) is 26.7. The van der Waals surface area contributed by atoms with E-state index in [9.17, 15) is 29.4 Å². The van der Waals surface area contributed by atoms with Crippen LogP contribution >= 0.6 is 11.6 Å². The summed E-state index contributed by atoms with van der Waals surface area (Å²) in [5, 5.41) is 39.8. The minimum absolute atomic E-state index is 0.00469. The number of carboxylic acids is 2. The molecule has 5 fully saturated rings. The zero-order chi connectivity index (χ0) is 65.2. The summed E-state index contributed by atoms with van der Waals surface area (Å²) in [6.07, 6.45) is 14.6. The molecule has 2 aromatic carbocycles. The third-order valence-corrected chi connectivity index (χ3v) is 17.6. The Bertz CT molecular complexity index is 3370. The zero-order valence-electron chi connectivity index (χ0n) is 55.1. The summed E-state index contributed by atoms with van der Waals surface area (Å²) in [5.74, 6) is 0.742. The number of hydrogen-bond acceptors (Lipinski definition) is 15. The minimum atomic E-state index is -1.10. The number of anilines is 1. The first-order valence-corrected chi connectivity index (χ1v) is 33.5. The third kappa shape index (κ3) is 19.6. The molecule has 91 heavy (non-hydrogen) atoms. The number of nitrogens with one attached hydrogen (secondary N) is 3. The van der Waals surface area contributed by atoms with Crippen LogP contribution in [0, 0.1) is 11.8 Å². The predicted octanol–water partition coefficient (Wildman–Crippen LogP) is 12.9. The summed E-state index contributed by atoms with van der Waals surface area (Å²) in [6.45, 7) is 29.6. The number of nitrogens with zero attached hydrogens (tertiary/aromatic N) is 10. The van der Waals surface area contributed by atoms with Crippen LogP contribution < -0.4 is 20.9 Å². The molecule has 494 valence electrons. The lowest BCUT2D eigenvalue weighted by molar-refractivity contribution is 0.0509. The maximum atomic E-state index is 12.1. The summed E-state index contributed by atoms with van der Waals surface area (Å²) in [5.41, 5.74) is 4.54. The highest BCUT2D eigenvalue weighted by Crippen LogP contribution is 2.44. The first-order valence-electron chi connectivity index (χ1n) is 33.1. The maximum absolute atomic E-state index is 12.1. The van der Waals surface area contributed by atoms with Crippen LogP contribution in [0.3, 0.4) is 0 Å². The van der Waals surface area contributed by atoms with Gasteiger partial charge in [0.1, 0.15) is 11.2 Å². The van der Waals surface area contributed by atoms with Gasteiger partial charge in [-0.3, -0.25) is 4.99 Å². The number of carbonyl (C=O) groups is 4. The molecule has 2 saturated carbocycles. The third-order valence-electron chi connectivity index (χ3n) is 17.3. The molecule has 21 nitrogen and oxygen atoms in total. The Labute approximate surface area is 542 Å². The predicted molar refractivity (Wildman–Crippen MR) is 360 cm³/mol. The number of para-hydroxylation sites is 2. The maximum Gasteiger partial charge on any atom is 0.407 e. The largest absolute Gasteiger partial charge is 0.477 e. The number of aliphatic imine (C=N–C) groups is 1. The highest BCUT2D eigenvalue weighted by molar-refractivity contribution is 6.35. The number of rotatable bonds is 14. The van der Waals surface area contributed by atoms with Crippen molar-refractivity contribution in [3.05, 3.63) is 101 Å². The lowest BCUT2D eigenvalue weighted by Gasteiger charge is -2.27. The second-order valence-electron chi connectivity index (χ2n) is 26.3. The van der Waals surface area contributed by atoms with Gasteiger partial charge in [-0.05, 0) is 180 Å². The first kappa shape index (κ1) is 69.5. The van der Waals surface area contributed by atoms with Gasteiger partial charge in [0, 0.05) is 64.1 Å². The number of ether oxygens (including phenoxy) is 2. The van der Waals surface area contributed by atoms with Crippen molar-refractivity contribution in [2.45, 2.75) is 169 Å². The molecule has 4 aliphatic heterocycles. The highest BCUT2D eigenvalue weighted by atomic mass is 35.5. The molecule has 6 aliphatic rings. The molecule has 6 aromatic rings. The summed E-state index contributed by atoms with van der Waals surface area (Å²) < 4.78 is 14.0. The van der Waals surface area contributed by atoms with Gasteiger partial charge in [-0.15, -0.1) is 0 Å². The van der Waals surface area contributed by atoms with Crippen molar-refractivity contribution in [1.82, 2.24) is 55.3 Å². The van der Waals surface area contributed by atoms with Gasteiger partial charge in [-0.1, -0.05) is 88.0 Å². The number of benzene rings is 2. The summed E-state index contributed by atoms with van der Waals surface area (Å²) >= 11 is 6.38. The Kier molecular flexibility index (Phi) is 25.0. The number of aromatic nitrogens is 6. The van der Waals surface area contributed by atoms with Crippen LogP contribution in [0.4, 0.5) is 15.3 Å². The lowest BCUT2D eigenvalue weighted by Crippen LogP contribution is -2.36. The average Bonchev–Trinajstić information content (AvgIpc) is 1.62. The molecular weight excluding hydrogens is 1170 g/mol. The van der Waals surface area contributed by atoms with Gasteiger partial charge < -0.3 is 50.3 Å². The number of carbonyl (C=O) groups excluding carboxylic acids is 2. The van der Waals surface area contributed by atoms with E-state index in [-0.39, 0.29) is 23.4 Å². The Balaban J connectivity index is 0.000000165. The molecule has 3 saturated heterocycles. The molecule has 12 rings (SSSR count). The number of pyridine rings is 2. The smallest absolute Gasteiger partial charge is 0.407 e. The number of halogens is 1. The number of fused-ring (bicyclic) bond motifs is 3. The van der Waals surface area contributed by atoms with Crippen LogP contribution in [0.15, 0.2) is 77.8 Å². The fourth-order valence-corrected chi connectivity index (χ4v) is 12.2. The Morgan fingerprint density at radius 1 is 0.626 bits per heavy atom. The van der Waals surface area contributed by atoms with Crippen molar-refractivity contribution in [3.63, 3.8) is 0 Å². The fourth-order valence-electron chi connectivity index (χ4n) is 11.9. The molecule has 0 bridgehead atoms. The number of amidine groups is 1. The van der Waals surface area contributed by atoms with E-state index in [0.717, 1.165) is 104 Å². The average molecular weight is 1270 g/mol. The van der Waals surface area contributed by atoms with E-state index < -0.39 is 29.2 Å². The Morgan fingerprint density at radius 3 is 1.63 bits per heavy atom. The van der Waals surface area contributed by atoms with E-state index >= 15 is 0 Å². The van der Waals surface area contributed by atoms with Crippen LogP contribution in [0.25, 0.3) is 33.4 Å². The van der Waals surface area contributed by atoms with E-state index in [1.54, 1.807) is 15.4 Å². The van der Waals surface area contributed by atoms with Crippen molar-refractivity contribution in [2.24, 2.45) is 16.8 Å². The molecule has 4 aromatic heterocycles. The second kappa shape index (κ2) is 32.8. The molecule has 0 unspecified atom stereocenters. The van der Waals surface area contributed by atoms with E-state index in [1.165, 1.54) is 89.6 Å². The standard InChI is InChI=1S/C27H33N5O4.C17H14ClN3O2.C10H20N2O2.C9H16N2.C6H15N/c1-27(2,3)36-26(35)28-15-17-12-13-31(16-17)21-14-20(25(33)34)29-24-22(21)23(18-8-7-9-18)30-32(24)19-10-5-4-6-11-19;18-12-9-13(17(22)23)19-16-14(12)15(10-5-4-6-10)20-21(16)11-7-2-1-3-8-11;1-10(2,3)14-9(13)12-7-8-4-5-11-6-8;1-2-5-9-10-6-4-8-11(9)7-3-1;1-4-7(5-2)6-3/h4-6,10-11,14,17-18H,7-9,12-13,15-16H2,1-3H3,(H,28,35)(H,33,34);1-3,7-10H,4-6H2,(H,22,23);8,11H,4-7H2,1-3H3,(H,12,13);1-8H2;4-6H2,1-3H3/t17-;;8-;;/m0.1../s1. The van der Waals surface area contributed by atoms with Crippen LogP contribution in [0.1, 0.15) is 190 Å². The highest BCUT2D eigenvalue weighted by Gasteiger charge is 2.34. The van der Waals surface area contributed by atoms with Gasteiger partial charge in [-0.2, -0.15) is 10.2 Å². The molecular formula is C69H98ClN13O8. The van der Waals surface area contributed by atoms with E-state index in [0.29, 0.717) is 53.7 Å². The van der Waals surface area contributed by atoms with Crippen molar-refractivity contribution < 1.29 is 38.9 Å². The van der Waals surface area contributed by atoms with Crippen LogP contribution in [-0.4, -0.2) is 169 Å². The molecule has 5 N–H and O–H groups in total. The SMILES string of the molecule is C1CCC2=NCCCN2CC1.CC(C)(C)OC(=O)NC[C@@H]1CCN(c2cc(C(=O)O)nc3c2c(C2CCC2)nn3-c2ccccc2)C1.CC(C)(C)OC(=O)NC[C@@H]1CCNC1.CCN(CC)CC.O=C(O)c1cc(Cl)c2c(C3CCC3)nn(-c3ccccc3)c2n1. The number of hydrogen-bond donors (Lipinski definition) is 5. The monoisotopic (exact) mass is 1270 g/mol. The van der Waals surface area contributed by atoms with E-state index in [2.05, 4.69) is 66.4 Å². The number of amides is 2. The zero-order valence-corrected chi connectivity index (χ0v) is 55.9. The van der Waals surface area contributed by atoms with Gasteiger partial charge in [0.15, 0.2) is 22.7 Å². The molecule has 8 heterocycles. The Morgan fingerprint density at radius 2 is 1.14 bits per heavy atom. The van der Waals surface area contributed by atoms with E-state index in [4.69, 9.17) is 31.3 Å². The number of alkyl carbamates (subject to hydrolysis) is 2. The molecule has 0 spiro atoms. The number of carboxylic acid groups (broad SMARTS) is 2. The number of aromatic carboxylic acids is 2. The minimum Gasteiger partial charge on any atom is -0.477 e. The van der Waals surface area contributed by atoms with Gasteiger partial charge in [0.05, 0.1) is 50.1 Å². The van der Waals surface area contributed by atoms with Crippen molar-refractivity contribution in [2.75, 3.05) is 83.4 Å². The molecule has 2 amide bonds. The fraction of sp³-hybridized carbons (Fsp3) is 0.580. The topological polar surface area (TPSA) is 247 Å². The summed E-state index contributed by atoms with van der Waals surface area (Å²) in [4.78, 5) is 67.2. The van der Waals surface area contributed by atoms with Gasteiger partial charge in [0.2, 0.25) is 0 Å². The Hall–Kier alpha value is -7.36. The van der Waals surface area contributed by atoms with Crippen LogP contribution in [0.5, 0.6) is 0 Å². The molecule has 2 aliphatic carbocycles. The first-order chi connectivity index (χ1) is 43.6. The van der Waals surface area contributed by atoms with Crippen LogP contribution in [0.2, 0.25) is 5.02 Å². The van der Waals surface area contributed by atoms with Gasteiger partial charge in [-0.25, -0.2) is 38.5 Å². The van der Waals surface area contributed by atoms with Crippen molar-refractivity contribution in [3.8, 4) is 11.4 Å².